The molecule has 0 saturated heterocycles. The summed E-state index contributed by atoms with van der Waals surface area (Å²) in [5.74, 6) is 0.102. The van der Waals surface area contributed by atoms with Crippen molar-refractivity contribution in [3.8, 4) is 5.75 Å². The van der Waals surface area contributed by atoms with Gasteiger partial charge in [0.05, 0.1) is 16.2 Å². The van der Waals surface area contributed by atoms with E-state index in [2.05, 4.69) is 10.3 Å². The van der Waals surface area contributed by atoms with Crippen LogP contribution < -0.4 is 15.6 Å². The first-order valence-corrected chi connectivity index (χ1v) is 7.76. The molecule has 24 heavy (non-hydrogen) atoms. The largest absolute Gasteiger partial charge is 0.479 e. The summed E-state index contributed by atoms with van der Waals surface area (Å²) >= 11 is 6.03. The Morgan fingerprint density at radius 3 is 2.71 bits per heavy atom. The molecule has 0 fully saturated rings. The number of H-pyrrole nitrogens is 1. The highest BCUT2D eigenvalue weighted by Gasteiger charge is 2.17. The molecule has 0 spiro atoms. The number of carbonyl (C=O) groups is 1. The Balaban J connectivity index is 1.81. The molecule has 1 aromatic heterocycles. The van der Waals surface area contributed by atoms with Gasteiger partial charge in [-0.25, -0.2) is 0 Å². The number of hydrogen-bond donors (Lipinski definition) is 2. The van der Waals surface area contributed by atoms with E-state index in [-0.39, 0.29) is 11.5 Å². The summed E-state index contributed by atoms with van der Waals surface area (Å²) < 4.78 is 5.73. The molecule has 3 aromatic rings. The second-order valence-electron chi connectivity index (χ2n) is 5.27. The Morgan fingerprint density at radius 2 is 1.92 bits per heavy atom. The van der Waals surface area contributed by atoms with Crippen molar-refractivity contribution >= 4 is 34.1 Å². The lowest BCUT2D eigenvalue weighted by atomic mass is 10.2. The fourth-order valence-electron chi connectivity index (χ4n) is 2.29. The van der Waals surface area contributed by atoms with Crippen LogP contribution in [0.2, 0.25) is 5.02 Å². The van der Waals surface area contributed by atoms with Crippen LogP contribution in [0.5, 0.6) is 5.75 Å². The quantitative estimate of drug-likeness (QED) is 0.761. The van der Waals surface area contributed by atoms with Crippen molar-refractivity contribution in [2.75, 3.05) is 5.32 Å². The van der Waals surface area contributed by atoms with Crippen LogP contribution in [0, 0.1) is 0 Å². The molecule has 1 atom stereocenters. The summed E-state index contributed by atoms with van der Waals surface area (Å²) in [5.41, 5.74) is 0.847. The van der Waals surface area contributed by atoms with Crippen LogP contribution in [0.25, 0.3) is 10.9 Å². The van der Waals surface area contributed by atoms with Crippen molar-refractivity contribution < 1.29 is 9.53 Å². The van der Waals surface area contributed by atoms with Crippen LogP contribution in [-0.2, 0) is 4.79 Å². The molecule has 0 saturated carbocycles. The first-order chi connectivity index (χ1) is 11.5. The number of anilines is 1. The SMILES string of the molecule is CC(Oc1cccc2ccc(=O)[nH]c12)C(=O)Nc1ccccc1Cl. The van der Waals surface area contributed by atoms with E-state index < -0.39 is 6.10 Å². The number of aromatic nitrogens is 1. The third-order valence-corrected chi connectivity index (χ3v) is 3.86. The van der Waals surface area contributed by atoms with Gasteiger partial charge in [-0.1, -0.05) is 35.9 Å². The zero-order valence-electron chi connectivity index (χ0n) is 12.9. The Hall–Kier alpha value is -2.79. The van der Waals surface area contributed by atoms with E-state index in [4.69, 9.17) is 16.3 Å². The normalized spacial score (nSPS) is 11.9. The van der Waals surface area contributed by atoms with Crippen LogP contribution >= 0.6 is 11.6 Å². The molecule has 2 N–H and O–H groups in total. The molecule has 5 nitrogen and oxygen atoms in total. The Morgan fingerprint density at radius 1 is 1.12 bits per heavy atom. The molecule has 0 aliphatic heterocycles. The van der Waals surface area contributed by atoms with E-state index in [1.807, 2.05) is 6.07 Å². The molecule has 122 valence electrons. The maximum atomic E-state index is 12.3. The molecule has 2 aromatic carbocycles. The highest BCUT2D eigenvalue weighted by atomic mass is 35.5. The molecule has 1 unspecified atom stereocenters. The van der Waals surface area contributed by atoms with Gasteiger partial charge in [0.25, 0.3) is 5.91 Å². The number of ether oxygens (including phenoxy) is 1. The van der Waals surface area contributed by atoms with Gasteiger partial charge in [0.2, 0.25) is 5.56 Å². The van der Waals surface area contributed by atoms with Crippen LogP contribution in [-0.4, -0.2) is 17.0 Å². The highest BCUT2D eigenvalue weighted by Crippen LogP contribution is 2.24. The molecule has 1 amide bonds. The predicted molar refractivity (Wildman–Crippen MR) is 94.7 cm³/mol. The molecule has 1 heterocycles. The number of halogens is 1. The van der Waals surface area contributed by atoms with Crippen molar-refractivity contribution in [2.24, 2.45) is 0 Å². The van der Waals surface area contributed by atoms with Gasteiger partial charge < -0.3 is 15.0 Å². The standard InChI is InChI=1S/C18H15ClN2O3/c1-11(18(23)20-14-7-3-2-6-13(14)19)24-15-8-4-5-12-9-10-16(22)21-17(12)15/h2-11H,1H3,(H,20,23)(H,21,22). The van der Waals surface area contributed by atoms with Crippen LogP contribution in [0.15, 0.2) is 59.4 Å². The van der Waals surface area contributed by atoms with Gasteiger partial charge in [-0.2, -0.15) is 0 Å². The predicted octanol–water partition coefficient (Wildman–Crippen LogP) is 3.59. The first kappa shape index (κ1) is 16.1. The number of aromatic amines is 1. The number of fused-ring (bicyclic) bond motifs is 1. The average Bonchev–Trinajstić information content (AvgIpc) is 2.57. The van der Waals surface area contributed by atoms with Gasteiger partial charge in [0, 0.05) is 11.5 Å². The van der Waals surface area contributed by atoms with Crippen molar-refractivity contribution in [2.45, 2.75) is 13.0 Å². The highest BCUT2D eigenvalue weighted by molar-refractivity contribution is 6.33. The van der Waals surface area contributed by atoms with E-state index in [1.165, 1.54) is 6.07 Å². The number of benzene rings is 2. The van der Waals surface area contributed by atoms with E-state index >= 15 is 0 Å². The number of hydrogen-bond acceptors (Lipinski definition) is 3. The lowest BCUT2D eigenvalue weighted by molar-refractivity contribution is -0.122. The zero-order valence-corrected chi connectivity index (χ0v) is 13.6. The minimum atomic E-state index is -0.768. The van der Waals surface area contributed by atoms with Gasteiger partial charge in [-0.15, -0.1) is 0 Å². The molecule has 3 rings (SSSR count). The van der Waals surface area contributed by atoms with Crippen LogP contribution in [0.4, 0.5) is 5.69 Å². The summed E-state index contributed by atoms with van der Waals surface area (Å²) in [5, 5.41) is 4.00. The summed E-state index contributed by atoms with van der Waals surface area (Å²) in [6.07, 6.45) is -0.768. The van der Waals surface area contributed by atoms with Gasteiger partial charge in [-0.3, -0.25) is 9.59 Å². The number of rotatable bonds is 4. The minimum Gasteiger partial charge on any atom is -0.479 e. The third kappa shape index (κ3) is 3.41. The van der Waals surface area contributed by atoms with Crippen LogP contribution in [0.1, 0.15) is 6.92 Å². The topological polar surface area (TPSA) is 71.2 Å². The fraction of sp³-hybridized carbons (Fsp3) is 0.111. The number of para-hydroxylation sites is 2. The second-order valence-corrected chi connectivity index (χ2v) is 5.68. The molecule has 6 heteroatoms. The molecule has 0 bridgehead atoms. The van der Waals surface area contributed by atoms with Crippen LogP contribution in [0.3, 0.4) is 0 Å². The summed E-state index contributed by atoms with van der Waals surface area (Å²) in [7, 11) is 0. The smallest absolute Gasteiger partial charge is 0.265 e. The summed E-state index contributed by atoms with van der Waals surface area (Å²) in [4.78, 5) is 26.6. The molecule has 0 aliphatic rings. The molecular weight excluding hydrogens is 328 g/mol. The zero-order chi connectivity index (χ0) is 17.1. The summed E-state index contributed by atoms with van der Waals surface area (Å²) in [6, 6.07) is 15.5. The molecular formula is C18H15ClN2O3. The first-order valence-electron chi connectivity index (χ1n) is 7.39. The lowest BCUT2D eigenvalue weighted by Gasteiger charge is -2.16. The maximum Gasteiger partial charge on any atom is 0.265 e. The van der Waals surface area contributed by atoms with E-state index in [1.54, 1.807) is 49.4 Å². The van der Waals surface area contributed by atoms with E-state index in [0.717, 1.165) is 5.39 Å². The monoisotopic (exact) mass is 342 g/mol. The molecule has 0 aliphatic carbocycles. The summed E-state index contributed by atoms with van der Waals surface area (Å²) in [6.45, 7) is 1.63. The van der Waals surface area contributed by atoms with Crippen molar-refractivity contribution in [1.82, 2.24) is 4.98 Å². The van der Waals surface area contributed by atoms with Gasteiger partial charge >= 0.3 is 0 Å². The van der Waals surface area contributed by atoms with Crippen molar-refractivity contribution in [3.05, 3.63) is 70.0 Å². The van der Waals surface area contributed by atoms with E-state index in [9.17, 15) is 9.59 Å². The fourth-order valence-corrected chi connectivity index (χ4v) is 2.47. The number of nitrogens with one attached hydrogen (secondary N) is 2. The average molecular weight is 343 g/mol. The van der Waals surface area contributed by atoms with E-state index in [0.29, 0.717) is 22.0 Å². The Labute approximate surface area is 143 Å². The third-order valence-electron chi connectivity index (χ3n) is 3.53. The second kappa shape index (κ2) is 6.76. The minimum absolute atomic E-state index is 0.230. The van der Waals surface area contributed by atoms with Gasteiger partial charge in [0.1, 0.15) is 5.75 Å². The van der Waals surface area contributed by atoms with Crippen molar-refractivity contribution in [1.29, 1.82) is 0 Å². The van der Waals surface area contributed by atoms with Gasteiger partial charge in [0.15, 0.2) is 6.10 Å². The van der Waals surface area contributed by atoms with Crippen molar-refractivity contribution in [3.63, 3.8) is 0 Å². The maximum absolute atomic E-state index is 12.3. The Bertz CT molecular complexity index is 952. The van der Waals surface area contributed by atoms with Gasteiger partial charge in [-0.05, 0) is 31.2 Å². The lowest BCUT2D eigenvalue weighted by Crippen LogP contribution is -2.30. The Kier molecular flexibility index (Phi) is 4.53. The number of carbonyl (C=O) groups excluding carboxylic acids is 1. The molecule has 0 radical (unpaired) electrons. The number of pyridine rings is 1. The number of amides is 1.